The largest absolute Gasteiger partial charge is 0.598 e. The molecule has 0 aromatic heterocycles. The molecule has 1 aromatic rings. The minimum absolute atomic E-state index is 0.0155. The molecule has 2 rings (SSSR count). The van der Waals surface area contributed by atoms with Gasteiger partial charge in [0.25, 0.3) is 5.91 Å². The van der Waals surface area contributed by atoms with E-state index < -0.39 is 11.4 Å². The summed E-state index contributed by atoms with van der Waals surface area (Å²) >= 11 is -1.03. The summed E-state index contributed by atoms with van der Waals surface area (Å²) in [5.41, 5.74) is 2.03. The second-order valence-corrected chi connectivity index (χ2v) is 10.3. The van der Waals surface area contributed by atoms with E-state index in [1.165, 1.54) is 18.4 Å². The number of unbranched alkanes of at least 4 members (excludes halogenated alkanes) is 1. The van der Waals surface area contributed by atoms with E-state index >= 15 is 0 Å². The second-order valence-electron chi connectivity index (χ2n) is 8.32. The van der Waals surface area contributed by atoms with Gasteiger partial charge >= 0.3 is 0 Å². The van der Waals surface area contributed by atoms with E-state index in [0.29, 0.717) is 0 Å². The van der Waals surface area contributed by atoms with Crippen LogP contribution in [-0.4, -0.2) is 27.3 Å². The van der Waals surface area contributed by atoms with Gasteiger partial charge in [0.15, 0.2) is 0 Å². The third-order valence-electron chi connectivity index (χ3n) is 4.93. The Morgan fingerprint density at radius 2 is 1.69 bits per heavy atom. The number of amides is 1. The van der Waals surface area contributed by atoms with Crippen LogP contribution < -0.4 is 10.0 Å². The van der Waals surface area contributed by atoms with E-state index in [1.54, 1.807) is 0 Å². The fourth-order valence-corrected chi connectivity index (χ4v) is 4.05. The lowest BCUT2D eigenvalue weighted by Crippen LogP contribution is -2.48. The third kappa shape index (κ3) is 6.60. The van der Waals surface area contributed by atoms with Crippen LogP contribution in [0.25, 0.3) is 0 Å². The van der Waals surface area contributed by atoms with Crippen LogP contribution in [0, 0.1) is 0 Å². The molecule has 1 amide bonds. The topological polar surface area (TPSA) is 64.2 Å². The number of benzene rings is 1. The molecule has 146 valence electrons. The highest BCUT2D eigenvalue weighted by molar-refractivity contribution is 7.90. The van der Waals surface area contributed by atoms with Gasteiger partial charge in [0, 0.05) is 23.0 Å². The molecule has 1 fully saturated rings. The third-order valence-corrected chi connectivity index (χ3v) is 6.59. The Kier molecular flexibility index (Phi) is 7.99. The Hall–Kier alpha value is -1.04. The molecule has 26 heavy (non-hydrogen) atoms. The normalized spacial score (nSPS) is 22.0. The van der Waals surface area contributed by atoms with E-state index in [9.17, 15) is 9.35 Å². The predicted octanol–water partition coefficient (Wildman–Crippen LogP) is 4.12. The van der Waals surface area contributed by atoms with Crippen LogP contribution in [0.3, 0.4) is 0 Å². The lowest BCUT2D eigenvalue weighted by molar-refractivity contribution is 0.0925. The molecule has 5 heteroatoms. The van der Waals surface area contributed by atoms with Crippen molar-refractivity contribution in [3.8, 4) is 0 Å². The minimum atomic E-state index is -1.03. The van der Waals surface area contributed by atoms with Crippen LogP contribution in [0.15, 0.2) is 24.3 Å². The highest BCUT2D eigenvalue weighted by Gasteiger charge is 2.31. The van der Waals surface area contributed by atoms with Crippen LogP contribution in [0.1, 0.15) is 82.1 Å². The zero-order valence-electron chi connectivity index (χ0n) is 16.6. The summed E-state index contributed by atoms with van der Waals surface area (Å²) in [7, 11) is 0. The molecule has 1 aliphatic rings. The summed E-state index contributed by atoms with van der Waals surface area (Å²) in [5.74, 6) is 0.0155. The average Bonchev–Trinajstić information content (AvgIpc) is 2.61. The molecule has 1 aromatic carbocycles. The van der Waals surface area contributed by atoms with E-state index in [0.717, 1.165) is 37.7 Å². The quantitative estimate of drug-likeness (QED) is 0.702. The molecule has 0 radical (unpaired) electrons. The maximum atomic E-state index is 12.5. The lowest BCUT2D eigenvalue weighted by Gasteiger charge is -2.32. The molecule has 4 nitrogen and oxygen atoms in total. The molecule has 0 spiro atoms. The summed E-state index contributed by atoms with van der Waals surface area (Å²) < 4.78 is 15.2. The van der Waals surface area contributed by atoms with Gasteiger partial charge in [-0.15, -0.1) is 4.72 Å². The Morgan fingerprint density at radius 3 is 2.23 bits per heavy atom. The molecule has 1 saturated carbocycles. The van der Waals surface area contributed by atoms with Gasteiger partial charge in [-0.1, -0.05) is 25.5 Å². The van der Waals surface area contributed by atoms with Crippen LogP contribution in [0.5, 0.6) is 0 Å². The molecule has 0 aliphatic heterocycles. The smallest absolute Gasteiger partial charge is 0.251 e. The number of carbonyl (C=O) groups excluding carboxylic acids is 1. The van der Waals surface area contributed by atoms with Crippen molar-refractivity contribution in [3.05, 3.63) is 35.4 Å². The van der Waals surface area contributed by atoms with Crippen molar-refractivity contribution < 1.29 is 9.35 Å². The number of hydrogen-bond donors (Lipinski definition) is 2. The minimum Gasteiger partial charge on any atom is -0.598 e. The number of rotatable bonds is 7. The van der Waals surface area contributed by atoms with Crippen LogP contribution in [-0.2, 0) is 17.8 Å². The number of nitrogens with one attached hydrogen (secondary N) is 2. The van der Waals surface area contributed by atoms with E-state index in [1.807, 2.05) is 32.9 Å². The molecule has 0 saturated heterocycles. The van der Waals surface area contributed by atoms with Gasteiger partial charge in [-0.3, -0.25) is 4.79 Å². The first-order chi connectivity index (χ1) is 12.3. The van der Waals surface area contributed by atoms with Gasteiger partial charge in [-0.25, -0.2) is 0 Å². The fraction of sp³-hybridized carbons (Fsp3) is 0.667. The Morgan fingerprint density at radius 1 is 1.12 bits per heavy atom. The van der Waals surface area contributed by atoms with E-state index in [2.05, 4.69) is 29.1 Å². The van der Waals surface area contributed by atoms with E-state index in [4.69, 9.17) is 0 Å². The lowest BCUT2D eigenvalue weighted by atomic mass is 9.91. The molecule has 1 unspecified atom stereocenters. The van der Waals surface area contributed by atoms with Gasteiger partial charge in [0.1, 0.15) is 4.75 Å². The first kappa shape index (κ1) is 21.3. The van der Waals surface area contributed by atoms with Crippen molar-refractivity contribution in [1.29, 1.82) is 0 Å². The molecule has 2 N–H and O–H groups in total. The van der Waals surface area contributed by atoms with Crippen molar-refractivity contribution in [1.82, 2.24) is 10.0 Å². The van der Waals surface area contributed by atoms with Crippen molar-refractivity contribution in [2.45, 2.75) is 89.5 Å². The maximum Gasteiger partial charge on any atom is 0.251 e. The molecule has 0 heterocycles. The SMILES string of the molecule is CCCCc1ccc(C(=O)NC2CCC(N[S+]([O-])C(C)(C)C)CC2)cc1. The van der Waals surface area contributed by atoms with Crippen LogP contribution >= 0.6 is 0 Å². The predicted molar refractivity (Wildman–Crippen MR) is 110 cm³/mol. The highest BCUT2D eigenvalue weighted by atomic mass is 32.2. The molecule has 1 atom stereocenters. The maximum absolute atomic E-state index is 12.5. The average molecular weight is 379 g/mol. The number of hydrogen-bond acceptors (Lipinski definition) is 3. The zero-order chi connectivity index (χ0) is 19.2. The van der Waals surface area contributed by atoms with Crippen molar-refractivity contribution in [2.24, 2.45) is 0 Å². The van der Waals surface area contributed by atoms with Gasteiger partial charge in [0.05, 0.1) is 6.04 Å². The summed E-state index contributed by atoms with van der Waals surface area (Å²) in [6.45, 7) is 8.13. The molecular weight excluding hydrogens is 344 g/mol. The Labute approximate surface area is 161 Å². The van der Waals surface area contributed by atoms with Crippen molar-refractivity contribution >= 4 is 17.3 Å². The summed E-state index contributed by atoms with van der Waals surface area (Å²) in [5, 5.41) is 3.16. The van der Waals surface area contributed by atoms with Gasteiger partial charge in [-0.05, 0) is 77.0 Å². The Balaban J connectivity index is 1.77. The summed E-state index contributed by atoms with van der Waals surface area (Å²) in [6.07, 6.45) is 7.20. The Bertz CT molecular complexity index is 560. The summed E-state index contributed by atoms with van der Waals surface area (Å²) in [6, 6.07) is 8.48. The van der Waals surface area contributed by atoms with Crippen LogP contribution in [0.2, 0.25) is 0 Å². The van der Waals surface area contributed by atoms with E-state index in [-0.39, 0.29) is 22.7 Å². The first-order valence-electron chi connectivity index (χ1n) is 9.87. The molecule has 1 aliphatic carbocycles. The van der Waals surface area contributed by atoms with Gasteiger partial charge in [-0.2, -0.15) is 0 Å². The van der Waals surface area contributed by atoms with Crippen molar-refractivity contribution in [3.63, 3.8) is 0 Å². The van der Waals surface area contributed by atoms with Gasteiger partial charge in [0.2, 0.25) is 0 Å². The fourth-order valence-electron chi connectivity index (χ4n) is 3.16. The zero-order valence-corrected chi connectivity index (χ0v) is 17.5. The standard InChI is InChI=1S/C21H34N2O2S/c1-5-6-7-16-8-10-17(11-9-16)20(24)22-18-12-14-19(15-13-18)23-26(25)21(2,3)4/h8-11,18-19,23H,5-7,12-15H2,1-4H3,(H,22,24). The van der Waals surface area contributed by atoms with Gasteiger partial charge < -0.3 is 9.87 Å². The number of carbonyl (C=O) groups is 1. The molecular formula is C21H34N2O2S. The second kappa shape index (κ2) is 9.77. The summed E-state index contributed by atoms with van der Waals surface area (Å²) in [4.78, 5) is 12.5. The van der Waals surface area contributed by atoms with Crippen LogP contribution in [0.4, 0.5) is 0 Å². The molecule has 0 bridgehead atoms. The first-order valence-corrected chi connectivity index (χ1v) is 11.0. The number of aryl methyl sites for hydroxylation is 1. The monoisotopic (exact) mass is 378 g/mol. The highest BCUT2D eigenvalue weighted by Crippen LogP contribution is 2.22. The van der Waals surface area contributed by atoms with Crippen molar-refractivity contribution in [2.75, 3.05) is 0 Å².